The van der Waals surface area contributed by atoms with Gasteiger partial charge in [-0.15, -0.1) is 6.42 Å². The van der Waals surface area contributed by atoms with Crippen LogP contribution in [0.2, 0.25) is 0 Å². The van der Waals surface area contributed by atoms with Gasteiger partial charge in [0, 0.05) is 18.7 Å². The Kier molecular flexibility index (Phi) is 8.20. The third kappa shape index (κ3) is 6.50. The van der Waals surface area contributed by atoms with E-state index in [4.69, 9.17) is 11.2 Å². The maximum Gasteiger partial charge on any atom is 0.251 e. The standard InChI is InChI=1S/C21H24N2O4S/c1-3-14-23-28(25,26)20-12-10-19(11-13-20)21(24)22-15-7-16-27-17(2)18-8-5-4-6-9-18/h1,4-6,8-13,17,23H,7,14-16H2,2H3,(H,22,24). The number of hydrogen-bond donors (Lipinski definition) is 2. The van der Waals surface area contributed by atoms with Crippen molar-refractivity contribution in [3.8, 4) is 12.3 Å². The average molecular weight is 401 g/mol. The molecule has 6 nitrogen and oxygen atoms in total. The van der Waals surface area contributed by atoms with Gasteiger partial charge in [0.1, 0.15) is 0 Å². The van der Waals surface area contributed by atoms with Gasteiger partial charge in [0.05, 0.1) is 17.5 Å². The monoisotopic (exact) mass is 400 g/mol. The summed E-state index contributed by atoms with van der Waals surface area (Å²) >= 11 is 0. The van der Waals surface area contributed by atoms with Crippen molar-refractivity contribution in [3.05, 3.63) is 65.7 Å². The largest absolute Gasteiger partial charge is 0.374 e. The molecule has 148 valence electrons. The molecule has 0 fully saturated rings. The fraction of sp³-hybridized carbons (Fsp3) is 0.286. The van der Waals surface area contributed by atoms with Crippen LogP contribution < -0.4 is 10.0 Å². The number of amides is 1. The Hall–Kier alpha value is -2.66. The summed E-state index contributed by atoms with van der Waals surface area (Å²) in [5.74, 6) is 1.94. The highest BCUT2D eigenvalue weighted by Crippen LogP contribution is 2.15. The number of hydrogen-bond acceptors (Lipinski definition) is 4. The van der Waals surface area contributed by atoms with Crippen LogP contribution in [-0.4, -0.2) is 34.0 Å². The summed E-state index contributed by atoms with van der Waals surface area (Å²) in [4.78, 5) is 12.2. The van der Waals surface area contributed by atoms with Gasteiger partial charge < -0.3 is 10.1 Å². The molecule has 7 heteroatoms. The van der Waals surface area contributed by atoms with Crippen molar-refractivity contribution >= 4 is 15.9 Å². The molecule has 0 aliphatic heterocycles. The first-order valence-electron chi connectivity index (χ1n) is 8.92. The molecule has 1 unspecified atom stereocenters. The molecule has 2 aromatic rings. The minimum atomic E-state index is -3.66. The molecule has 0 spiro atoms. The maximum atomic E-state index is 12.2. The van der Waals surface area contributed by atoms with Crippen molar-refractivity contribution < 1.29 is 17.9 Å². The van der Waals surface area contributed by atoms with Gasteiger partial charge >= 0.3 is 0 Å². The van der Waals surface area contributed by atoms with E-state index in [1.807, 2.05) is 37.3 Å². The molecule has 0 bridgehead atoms. The number of ether oxygens (including phenoxy) is 1. The van der Waals surface area contributed by atoms with Gasteiger partial charge in [-0.1, -0.05) is 36.3 Å². The number of carbonyl (C=O) groups excluding carboxylic acids is 1. The third-order valence-electron chi connectivity index (χ3n) is 4.03. The van der Waals surface area contributed by atoms with Gasteiger partial charge in [0.25, 0.3) is 5.91 Å². The Morgan fingerprint density at radius 3 is 2.46 bits per heavy atom. The van der Waals surface area contributed by atoms with Crippen LogP contribution in [0.3, 0.4) is 0 Å². The number of terminal acetylenes is 1. The van der Waals surface area contributed by atoms with Crippen molar-refractivity contribution in [3.63, 3.8) is 0 Å². The van der Waals surface area contributed by atoms with E-state index in [2.05, 4.69) is 16.0 Å². The minimum absolute atomic E-state index is 0.00512. The normalized spacial score (nSPS) is 12.1. The Morgan fingerprint density at radius 1 is 1.14 bits per heavy atom. The van der Waals surface area contributed by atoms with E-state index in [0.29, 0.717) is 25.1 Å². The molecular weight excluding hydrogens is 376 g/mol. The molecule has 0 aromatic heterocycles. The molecule has 0 heterocycles. The molecular formula is C21H24N2O4S. The van der Waals surface area contributed by atoms with Gasteiger partial charge in [-0.25, -0.2) is 8.42 Å². The molecule has 0 radical (unpaired) electrons. The van der Waals surface area contributed by atoms with Crippen LogP contribution in [0.25, 0.3) is 0 Å². The molecule has 1 amide bonds. The van der Waals surface area contributed by atoms with E-state index in [0.717, 1.165) is 5.56 Å². The first-order valence-corrected chi connectivity index (χ1v) is 10.4. The van der Waals surface area contributed by atoms with Crippen LogP contribution in [-0.2, 0) is 14.8 Å². The Bertz CT molecular complexity index is 904. The summed E-state index contributed by atoms with van der Waals surface area (Å²) in [5.41, 5.74) is 1.49. The highest BCUT2D eigenvalue weighted by Gasteiger charge is 2.14. The van der Waals surface area contributed by atoms with E-state index in [9.17, 15) is 13.2 Å². The van der Waals surface area contributed by atoms with Crippen LogP contribution in [0.4, 0.5) is 0 Å². The zero-order valence-corrected chi connectivity index (χ0v) is 16.5. The summed E-state index contributed by atoms with van der Waals surface area (Å²) < 4.78 is 31.9. The summed E-state index contributed by atoms with van der Waals surface area (Å²) in [7, 11) is -3.66. The van der Waals surface area contributed by atoms with Crippen molar-refractivity contribution in [2.45, 2.75) is 24.3 Å². The average Bonchev–Trinajstić information content (AvgIpc) is 2.72. The van der Waals surface area contributed by atoms with Gasteiger partial charge in [0.2, 0.25) is 10.0 Å². The fourth-order valence-corrected chi connectivity index (χ4v) is 3.40. The molecule has 0 aliphatic carbocycles. The zero-order chi connectivity index (χ0) is 20.4. The second-order valence-electron chi connectivity index (χ2n) is 6.09. The topological polar surface area (TPSA) is 84.5 Å². The molecule has 2 rings (SSSR count). The lowest BCUT2D eigenvalue weighted by Crippen LogP contribution is -2.26. The van der Waals surface area contributed by atoms with E-state index < -0.39 is 10.0 Å². The van der Waals surface area contributed by atoms with Gasteiger partial charge in [0.15, 0.2) is 0 Å². The van der Waals surface area contributed by atoms with Gasteiger partial charge in [-0.05, 0) is 43.2 Å². The van der Waals surface area contributed by atoms with Gasteiger partial charge in [-0.2, -0.15) is 4.72 Å². The van der Waals surface area contributed by atoms with Gasteiger partial charge in [-0.3, -0.25) is 4.79 Å². The summed E-state index contributed by atoms with van der Waals surface area (Å²) in [6, 6.07) is 15.6. The van der Waals surface area contributed by atoms with E-state index in [1.165, 1.54) is 24.3 Å². The summed E-state index contributed by atoms with van der Waals surface area (Å²) in [6.45, 7) is 2.88. The van der Waals surface area contributed by atoms with E-state index >= 15 is 0 Å². The lowest BCUT2D eigenvalue weighted by molar-refractivity contribution is 0.0635. The van der Waals surface area contributed by atoms with Crippen LogP contribution in [0, 0.1) is 12.3 Å². The number of nitrogens with one attached hydrogen (secondary N) is 2. The Balaban J connectivity index is 1.75. The summed E-state index contributed by atoms with van der Waals surface area (Å²) in [6.07, 6.45) is 5.72. The molecule has 28 heavy (non-hydrogen) atoms. The number of benzene rings is 2. The smallest absolute Gasteiger partial charge is 0.251 e. The zero-order valence-electron chi connectivity index (χ0n) is 15.7. The predicted octanol–water partition coefficient (Wildman–Crippen LogP) is 2.50. The summed E-state index contributed by atoms with van der Waals surface area (Å²) in [5, 5.41) is 2.79. The molecule has 0 saturated carbocycles. The SMILES string of the molecule is C#CCNS(=O)(=O)c1ccc(C(=O)NCCCOC(C)c2ccccc2)cc1. The Labute approximate surface area is 166 Å². The molecule has 2 N–H and O–H groups in total. The van der Waals surface area contributed by atoms with E-state index in [1.54, 1.807) is 0 Å². The number of carbonyl (C=O) groups is 1. The predicted molar refractivity (Wildman–Crippen MR) is 108 cm³/mol. The van der Waals surface area contributed by atoms with Crippen molar-refractivity contribution in [2.75, 3.05) is 19.7 Å². The quantitative estimate of drug-likeness (QED) is 0.474. The minimum Gasteiger partial charge on any atom is -0.374 e. The lowest BCUT2D eigenvalue weighted by atomic mass is 10.1. The van der Waals surface area contributed by atoms with Crippen molar-refractivity contribution in [1.29, 1.82) is 0 Å². The second-order valence-corrected chi connectivity index (χ2v) is 7.85. The van der Waals surface area contributed by atoms with Crippen LogP contribution in [0.15, 0.2) is 59.5 Å². The molecule has 2 aromatic carbocycles. The van der Waals surface area contributed by atoms with Crippen LogP contribution in [0.1, 0.15) is 35.4 Å². The highest BCUT2D eigenvalue weighted by atomic mass is 32.2. The Morgan fingerprint density at radius 2 is 1.82 bits per heavy atom. The first-order chi connectivity index (χ1) is 13.4. The molecule has 0 aliphatic rings. The molecule has 0 saturated heterocycles. The highest BCUT2D eigenvalue weighted by molar-refractivity contribution is 7.89. The maximum absolute atomic E-state index is 12.2. The fourth-order valence-electron chi connectivity index (χ4n) is 2.46. The van der Waals surface area contributed by atoms with Crippen molar-refractivity contribution in [2.24, 2.45) is 0 Å². The number of sulfonamides is 1. The van der Waals surface area contributed by atoms with Crippen LogP contribution >= 0.6 is 0 Å². The third-order valence-corrected chi connectivity index (χ3v) is 5.45. The van der Waals surface area contributed by atoms with Crippen molar-refractivity contribution in [1.82, 2.24) is 10.0 Å². The number of rotatable bonds is 10. The first kappa shape index (κ1) is 21.6. The second kappa shape index (κ2) is 10.6. The van der Waals surface area contributed by atoms with E-state index in [-0.39, 0.29) is 23.5 Å². The van der Waals surface area contributed by atoms with Crippen LogP contribution in [0.5, 0.6) is 0 Å². The molecule has 1 atom stereocenters. The lowest BCUT2D eigenvalue weighted by Gasteiger charge is -2.13.